The first-order valence-corrected chi connectivity index (χ1v) is 7.55. The van der Waals surface area contributed by atoms with E-state index in [-0.39, 0.29) is 18.1 Å². The maximum atomic E-state index is 12.5. The zero-order valence-corrected chi connectivity index (χ0v) is 12.9. The van der Waals surface area contributed by atoms with Crippen molar-refractivity contribution in [1.29, 1.82) is 0 Å². The lowest BCUT2D eigenvalue weighted by atomic mass is 10.0. The number of ketones is 1. The second-order valence-corrected chi connectivity index (χ2v) is 5.78. The largest absolute Gasteiger partial charge is 0.307 e. The molecule has 0 saturated heterocycles. The van der Waals surface area contributed by atoms with Gasteiger partial charge < -0.3 is 4.90 Å². The highest BCUT2D eigenvalue weighted by molar-refractivity contribution is 6.09. The molecule has 3 nitrogen and oxygen atoms in total. The van der Waals surface area contributed by atoms with Crippen LogP contribution in [0.4, 0.5) is 5.69 Å². The van der Waals surface area contributed by atoms with Gasteiger partial charge in [0.1, 0.15) is 0 Å². The van der Waals surface area contributed by atoms with Crippen molar-refractivity contribution in [1.82, 2.24) is 0 Å². The van der Waals surface area contributed by atoms with Gasteiger partial charge in [-0.25, -0.2) is 0 Å². The highest BCUT2D eigenvalue weighted by atomic mass is 16.2. The number of benzene rings is 2. The number of hydrogen-bond acceptors (Lipinski definition) is 2. The zero-order valence-electron chi connectivity index (χ0n) is 12.9. The van der Waals surface area contributed by atoms with Crippen LogP contribution in [0.5, 0.6) is 0 Å². The summed E-state index contributed by atoms with van der Waals surface area (Å²) in [5.74, 6) is 0.0617. The Morgan fingerprint density at radius 1 is 0.955 bits per heavy atom. The number of rotatable bonds is 2. The van der Waals surface area contributed by atoms with Crippen LogP contribution in [0.1, 0.15) is 39.9 Å². The molecule has 0 spiro atoms. The van der Waals surface area contributed by atoms with E-state index in [1.54, 1.807) is 4.90 Å². The molecule has 22 heavy (non-hydrogen) atoms. The molecule has 0 radical (unpaired) electrons. The predicted octanol–water partition coefficient (Wildman–Crippen LogP) is 3.81. The fourth-order valence-electron chi connectivity index (χ4n) is 2.90. The standard InChI is InChI=1S/C19H19NO2/c1-13-6-5-7-15(14(13)2)12-20-17-9-4-3-8-16(17)18(21)10-11-19(20)22/h3-9H,10-12H2,1-2H3. The molecule has 1 aliphatic rings. The van der Waals surface area contributed by atoms with Gasteiger partial charge in [-0.05, 0) is 42.7 Å². The second-order valence-electron chi connectivity index (χ2n) is 5.78. The average molecular weight is 293 g/mol. The minimum absolute atomic E-state index is 0.0132. The second kappa shape index (κ2) is 5.76. The van der Waals surface area contributed by atoms with Crippen molar-refractivity contribution in [3.63, 3.8) is 0 Å². The number of hydrogen-bond donors (Lipinski definition) is 0. The number of anilines is 1. The Morgan fingerprint density at radius 2 is 1.73 bits per heavy atom. The summed E-state index contributed by atoms with van der Waals surface area (Å²) in [4.78, 5) is 26.4. The molecule has 0 fully saturated rings. The van der Waals surface area contributed by atoms with Gasteiger partial charge >= 0.3 is 0 Å². The maximum Gasteiger partial charge on any atom is 0.227 e. The normalized spacial score (nSPS) is 14.7. The Hall–Kier alpha value is -2.42. The van der Waals surface area contributed by atoms with Crippen LogP contribution in [0, 0.1) is 13.8 Å². The SMILES string of the molecule is Cc1cccc(CN2C(=O)CCC(=O)c3ccccc32)c1C. The number of para-hydroxylation sites is 1. The van der Waals surface area contributed by atoms with E-state index >= 15 is 0 Å². The zero-order chi connectivity index (χ0) is 15.7. The smallest absolute Gasteiger partial charge is 0.227 e. The summed E-state index contributed by atoms with van der Waals surface area (Å²) in [6, 6.07) is 13.5. The molecule has 2 aromatic carbocycles. The third kappa shape index (κ3) is 2.54. The first-order chi connectivity index (χ1) is 10.6. The number of aryl methyl sites for hydroxylation is 1. The summed E-state index contributed by atoms with van der Waals surface area (Å²) >= 11 is 0. The first kappa shape index (κ1) is 14.5. The van der Waals surface area contributed by atoms with Gasteiger partial charge in [-0.3, -0.25) is 9.59 Å². The molecule has 0 atom stereocenters. The minimum Gasteiger partial charge on any atom is -0.307 e. The molecule has 1 amide bonds. The quantitative estimate of drug-likeness (QED) is 0.844. The Kier molecular flexibility index (Phi) is 3.80. The summed E-state index contributed by atoms with van der Waals surface area (Å²) < 4.78 is 0. The minimum atomic E-state index is 0.0132. The van der Waals surface area contributed by atoms with Gasteiger partial charge in [-0.15, -0.1) is 0 Å². The lowest BCUT2D eigenvalue weighted by Crippen LogP contribution is -2.30. The van der Waals surface area contributed by atoms with Crippen molar-refractivity contribution < 1.29 is 9.59 Å². The molecule has 0 bridgehead atoms. The number of carbonyl (C=O) groups excluding carboxylic acids is 2. The van der Waals surface area contributed by atoms with Crippen molar-refractivity contribution in [2.24, 2.45) is 0 Å². The predicted molar refractivity (Wildman–Crippen MR) is 87.1 cm³/mol. The highest BCUT2D eigenvalue weighted by Crippen LogP contribution is 2.29. The molecule has 0 aromatic heterocycles. The molecule has 0 unspecified atom stereocenters. The van der Waals surface area contributed by atoms with Gasteiger partial charge in [-0.1, -0.05) is 30.3 Å². The molecule has 0 aliphatic carbocycles. The van der Waals surface area contributed by atoms with E-state index in [1.165, 1.54) is 11.1 Å². The van der Waals surface area contributed by atoms with Gasteiger partial charge in [0.2, 0.25) is 5.91 Å². The Morgan fingerprint density at radius 3 is 2.55 bits per heavy atom. The summed E-state index contributed by atoms with van der Waals surface area (Å²) in [6.07, 6.45) is 0.567. The lowest BCUT2D eigenvalue weighted by Gasteiger charge is -2.24. The molecular formula is C19H19NO2. The molecule has 112 valence electrons. The summed E-state index contributed by atoms with van der Waals surface area (Å²) in [5, 5.41) is 0. The third-order valence-electron chi connectivity index (χ3n) is 4.41. The molecule has 1 aliphatic heterocycles. The molecular weight excluding hydrogens is 274 g/mol. The molecule has 1 heterocycles. The highest BCUT2D eigenvalue weighted by Gasteiger charge is 2.26. The van der Waals surface area contributed by atoms with Gasteiger partial charge in [0, 0.05) is 18.4 Å². The summed E-state index contributed by atoms with van der Waals surface area (Å²) in [7, 11) is 0. The number of carbonyl (C=O) groups is 2. The number of amides is 1. The number of fused-ring (bicyclic) bond motifs is 1. The molecule has 3 rings (SSSR count). The van der Waals surface area contributed by atoms with Crippen LogP contribution in [0.15, 0.2) is 42.5 Å². The van der Waals surface area contributed by atoms with Crippen LogP contribution < -0.4 is 4.90 Å². The van der Waals surface area contributed by atoms with Gasteiger partial charge in [-0.2, -0.15) is 0 Å². The van der Waals surface area contributed by atoms with Crippen molar-refractivity contribution in [3.8, 4) is 0 Å². The van der Waals surface area contributed by atoms with Crippen LogP contribution in [-0.4, -0.2) is 11.7 Å². The molecule has 3 heteroatoms. The van der Waals surface area contributed by atoms with Gasteiger partial charge in [0.05, 0.1) is 12.2 Å². The van der Waals surface area contributed by atoms with Crippen LogP contribution in [0.3, 0.4) is 0 Å². The fourth-order valence-corrected chi connectivity index (χ4v) is 2.90. The molecule has 0 N–H and O–H groups in total. The lowest BCUT2D eigenvalue weighted by molar-refractivity contribution is -0.118. The van der Waals surface area contributed by atoms with Crippen molar-refractivity contribution in [2.45, 2.75) is 33.2 Å². The van der Waals surface area contributed by atoms with Gasteiger partial charge in [0.15, 0.2) is 5.78 Å². The van der Waals surface area contributed by atoms with E-state index in [1.807, 2.05) is 36.4 Å². The third-order valence-corrected chi connectivity index (χ3v) is 4.41. The molecule has 0 saturated carbocycles. The topological polar surface area (TPSA) is 37.4 Å². The Balaban J connectivity index is 2.04. The van der Waals surface area contributed by atoms with Crippen LogP contribution in [0.25, 0.3) is 0 Å². The average Bonchev–Trinajstić information content (AvgIpc) is 2.64. The fraction of sp³-hybridized carbons (Fsp3) is 0.263. The van der Waals surface area contributed by atoms with Crippen molar-refractivity contribution >= 4 is 17.4 Å². The van der Waals surface area contributed by atoms with Crippen molar-refractivity contribution in [2.75, 3.05) is 4.90 Å². The van der Waals surface area contributed by atoms with E-state index < -0.39 is 0 Å². The summed E-state index contributed by atoms with van der Waals surface area (Å²) in [6.45, 7) is 4.65. The monoisotopic (exact) mass is 293 g/mol. The van der Waals surface area contributed by atoms with E-state index in [0.717, 1.165) is 11.3 Å². The van der Waals surface area contributed by atoms with Gasteiger partial charge in [0.25, 0.3) is 0 Å². The van der Waals surface area contributed by atoms with E-state index in [9.17, 15) is 9.59 Å². The first-order valence-electron chi connectivity index (χ1n) is 7.55. The van der Waals surface area contributed by atoms with Crippen LogP contribution >= 0.6 is 0 Å². The Labute approximate surface area is 130 Å². The van der Waals surface area contributed by atoms with E-state index in [0.29, 0.717) is 18.5 Å². The van der Waals surface area contributed by atoms with E-state index in [4.69, 9.17) is 0 Å². The number of nitrogens with zero attached hydrogens (tertiary/aromatic N) is 1. The van der Waals surface area contributed by atoms with Crippen LogP contribution in [-0.2, 0) is 11.3 Å². The van der Waals surface area contributed by atoms with Crippen LogP contribution in [0.2, 0.25) is 0 Å². The number of Topliss-reactive ketones (excluding diaryl/α,β-unsaturated/α-hetero) is 1. The molecule has 2 aromatic rings. The Bertz CT molecular complexity index is 749. The maximum absolute atomic E-state index is 12.5. The van der Waals surface area contributed by atoms with Crippen molar-refractivity contribution in [3.05, 3.63) is 64.7 Å². The summed E-state index contributed by atoms with van der Waals surface area (Å²) in [5.41, 5.74) is 4.92. The van der Waals surface area contributed by atoms with E-state index in [2.05, 4.69) is 19.9 Å².